The Morgan fingerprint density at radius 3 is 2.32 bits per heavy atom. The van der Waals surface area contributed by atoms with E-state index in [2.05, 4.69) is 25.5 Å². The molecule has 4 rings (SSSR count). The first-order valence-electron chi connectivity index (χ1n) is 10.4. The van der Waals surface area contributed by atoms with Gasteiger partial charge in [-0.3, -0.25) is 4.79 Å². The Bertz CT molecular complexity index is 1080. The van der Waals surface area contributed by atoms with E-state index in [1.165, 1.54) is 5.56 Å². The van der Waals surface area contributed by atoms with Gasteiger partial charge in [-0.2, -0.15) is 4.98 Å². The summed E-state index contributed by atoms with van der Waals surface area (Å²) in [6, 6.07) is 15.2. The zero-order valence-corrected chi connectivity index (χ0v) is 18.1. The van der Waals surface area contributed by atoms with Gasteiger partial charge in [-0.1, -0.05) is 6.07 Å². The van der Waals surface area contributed by atoms with Crippen molar-refractivity contribution in [2.45, 2.75) is 20.8 Å². The van der Waals surface area contributed by atoms with E-state index in [-0.39, 0.29) is 5.91 Å². The van der Waals surface area contributed by atoms with Gasteiger partial charge < -0.3 is 20.3 Å². The van der Waals surface area contributed by atoms with Crippen LogP contribution in [0.3, 0.4) is 0 Å². The zero-order valence-electron chi connectivity index (χ0n) is 18.1. The SMILES string of the molecule is Cc1cc(N2CCOCC2)nc(Nc2ccc(NC(=O)c3ccc(C)c(C)c3)cc2)n1. The van der Waals surface area contributed by atoms with Crippen LogP contribution in [0.5, 0.6) is 0 Å². The number of rotatable bonds is 5. The first kappa shape index (κ1) is 20.8. The predicted molar refractivity (Wildman–Crippen MR) is 123 cm³/mol. The van der Waals surface area contributed by atoms with Gasteiger partial charge in [-0.05, 0) is 68.3 Å². The van der Waals surface area contributed by atoms with E-state index in [0.29, 0.717) is 24.7 Å². The lowest BCUT2D eigenvalue weighted by molar-refractivity contribution is 0.102. The Balaban J connectivity index is 1.43. The van der Waals surface area contributed by atoms with Crippen LogP contribution in [-0.2, 0) is 4.74 Å². The minimum Gasteiger partial charge on any atom is -0.378 e. The third-order valence-electron chi connectivity index (χ3n) is 5.34. The number of nitrogens with one attached hydrogen (secondary N) is 2. The molecule has 0 radical (unpaired) electrons. The normalized spacial score (nSPS) is 13.7. The molecule has 160 valence electrons. The van der Waals surface area contributed by atoms with Crippen LogP contribution in [0.25, 0.3) is 0 Å². The summed E-state index contributed by atoms with van der Waals surface area (Å²) in [6.45, 7) is 9.06. The second-order valence-electron chi connectivity index (χ2n) is 7.75. The standard InChI is InChI=1S/C24H27N5O2/c1-16-4-5-19(14-17(16)2)23(30)26-20-6-8-21(9-7-20)27-24-25-18(3)15-22(28-24)29-10-12-31-13-11-29/h4-9,14-15H,10-13H2,1-3H3,(H,26,30)(H,25,27,28). The van der Waals surface area contributed by atoms with Crippen molar-refractivity contribution < 1.29 is 9.53 Å². The molecule has 0 unspecified atom stereocenters. The first-order chi connectivity index (χ1) is 15.0. The highest BCUT2D eigenvalue weighted by Gasteiger charge is 2.14. The third-order valence-corrected chi connectivity index (χ3v) is 5.34. The molecule has 1 aliphatic rings. The van der Waals surface area contributed by atoms with Crippen LogP contribution in [0, 0.1) is 20.8 Å². The number of ether oxygens (including phenoxy) is 1. The molecule has 2 heterocycles. The number of hydrogen-bond donors (Lipinski definition) is 2. The number of aryl methyl sites for hydroxylation is 3. The molecule has 3 aromatic rings. The molecular formula is C24H27N5O2. The van der Waals surface area contributed by atoms with E-state index in [0.717, 1.165) is 41.5 Å². The van der Waals surface area contributed by atoms with Crippen LogP contribution in [0.4, 0.5) is 23.1 Å². The van der Waals surface area contributed by atoms with E-state index >= 15 is 0 Å². The average Bonchev–Trinajstić information content (AvgIpc) is 2.77. The quantitative estimate of drug-likeness (QED) is 0.647. The lowest BCUT2D eigenvalue weighted by atomic mass is 10.1. The number of aromatic nitrogens is 2. The molecule has 1 aliphatic heterocycles. The third kappa shape index (κ3) is 5.19. The van der Waals surface area contributed by atoms with Crippen LogP contribution in [0.15, 0.2) is 48.5 Å². The molecule has 2 aromatic carbocycles. The zero-order chi connectivity index (χ0) is 21.8. The summed E-state index contributed by atoms with van der Waals surface area (Å²) in [5, 5.41) is 6.20. The number of anilines is 4. The van der Waals surface area contributed by atoms with Crippen LogP contribution in [-0.4, -0.2) is 42.2 Å². The highest BCUT2D eigenvalue weighted by atomic mass is 16.5. The Labute approximate surface area is 182 Å². The number of carbonyl (C=O) groups excluding carboxylic acids is 1. The van der Waals surface area contributed by atoms with Gasteiger partial charge in [0.05, 0.1) is 13.2 Å². The fourth-order valence-electron chi connectivity index (χ4n) is 3.41. The number of hydrogen-bond acceptors (Lipinski definition) is 6. The van der Waals surface area contributed by atoms with E-state index in [4.69, 9.17) is 4.74 Å². The van der Waals surface area contributed by atoms with E-state index in [1.54, 1.807) is 0 Å². The molecule has 0 atom stereocenters. The molecular weight excluding hydrogens is 390 g/mol. The summed E-state index contributed by atoms with van der Waals surface area (Å²) < 4.78 is 5.42. The maximum atomic E-state index is 12.5. The molecule has 2 N–H and O–H groups in total. The Hall–Kier alpha value is -3.45. The molecule has 0 aliphatic carbocycles. The fourth-order valence-corrected chi connectivity index (χ4v) is 3.41. The minimum absolute atomic E-state index is 0.124. The van der Waals surface area contributed by atoms with Gasteiger partial charge in [0.1, 0.15) is 5.82 Å². The van der Waals surface area contributed by atoms with Gasteiger partial charge in [-0.25, -0.2) is 4.98 Å². The van der Waals surface area contributed by atoms with Gasteiger partial charge in [0.2, 0.25) is 5.95 Å². The number of amides is 1. The van der Waals surface area contributed by atoms with Gasteiger partial charge in [0, 0.05) is 41.8 Å². The number of nitrogens with zero attached hydrogens (tertiary/aromatic N) is 3. The van der Waals surface area contributed by atoms with E-state index in [1.807, 2.05) is 69.3 Å². The molecule has 1 saturated heterocycles. The summed E-state index contributed by atoms with van der Waals surface area (Å²) in [5.74, 6) is 1.32. The number of carbonyl (C=O) groups is 1. The molecule has 7 nitrogen and oxygen atoms in total. The van der Waals surface area contributed by atoms with Gasteiger partial charge in [0.15, 0.2) is 0 Å². The molecule has 1 fully saturated rings. The van der Waals surface area contributed by atoms with Gasteiger partial charge in [-0.15, -0.1) is 0 Å². The van der Waals surface area contributed by atoms with Crippen molar-refractivity contribution in [1.29, 1.82) is 0 Å². The maximum absolute atomic E-state index is 12.5. The summed E-state index contributed by atoms with van der Waals surface area (Å²) in [4.78, 5) is 23.9. The lowest BCUT2D eigenvalue weighted by Gasteiger charge is -2.28. The van der Waals surface area contributed by atoms with Crippen LogP contribution >= 0.6 is 0 Å². The van der Waals surface area contributed by atoms with E-state index in [9.17, 15) is 4.79 Å². The summed E-state index contributed by atoms with van der Waals surface area (Å²) >= 11 is 0. The van der Waals surface area contributed by atoms with Crippen molar-refractivity contribution in [2.75, 3.05) is 41.8 Å². The molecule has 0 saturated carbocycles. The number of benzene rings is 2. The van der Waals surface area contributed by atoms with E-state index < -0.39 is 0 Å². The lowest BCUT2D eigenvalue weighted by Crippen LogP contribution is -2.36. The molecule has 0 spiro atoms. The van der Waals surface area contributed by atoms with Crippen LogP contribution < -0.4 is 15.5 Å². The summed E-state index contributed by atoms with van der Waals surface area (Å²) in [7, 11) is 0. The fraction of sp³-hybridized carbons (Fsp3) is 0.292. The smallest absolute Gasteiger partial charge is 0.255 e. The summed E-state index contributed by atoms with van der Waals surface area (Å²) in [5.41, 5.74) is 5.39. The second-order valence-corrected chi connectivity index (χ2v) is 7.75. The Kier molecular flexibility index (Phi) is 6.13. The largest absolute Gasteiger partial charge is 0.378 e. The monoisotopic (exact) mass is 417 g/mol. The predicted octanol–water partition coefficient (Wildman–Crippen LogP) is 4.23. The molecule has 31 heavy (non-hydrogen) atoms. The molecule has 1 amide bonds. The van der Waals surface area contributed by atoms with Gasteiger partial charge in [0.25, 0.3) is 5.91 Å². The summed E-state index contributed by atoms with van der Waals surface area (Å²) in [6.07, 6.45) is 0. The topological polar surface area (TPSA) is 79.4 Å². The van der Waals surface area contributed by atoms with Crippen molar-refractivity contribution in [3.05, 3.63) is 70.9 Å². The maximum Gasteiger partial charge on any atom is 0.255 e. The Morgan fingerprint density at radius 1 is 0.903 bits per heavy atom. The van der Waals surface area contributed by atoms with Crippen molar-refractivity contribution in [3.8, 4) is 0 Å². The molecule has 7 heteroatoms. The molecule has 0 bridgehead atoms. The highest BCUT2D eigenvalue weighted by molar-refractivity contribution is 6.04. The van der Waals surface area contributed by atoms with Gasteiger partial charge >= 0.3 is 0 Å². The van der Waals surface area contributed by atoms with Crippen LogP contribution in [0.2, 0.25) is 0 Å². The van der Waals surface area contributed by atoms with Crippen molar-refractivity contribution in [1.82, 2.24) is 9.97 Å². The van der Waals surface area contributed by atoms with Crippen molar-refractivity contribution >= 4 is 29.0 Å². The Morgan fingerprint density at radius 2 is 1.61 bits per heavy atom. The number of morpholine rings is 1. The highest BCUT2D eigenvalue weighted by Crippen LogP contribution is 2.21. The van der Waals surface area contributed by atoms with Crippen molar-refractivity contribution in [3.63, 3.8) is 0 Å². The first-order valence-corrected chi connectivity index (χ1v) is 10.4. The molecule has 1 aromatic heterocycles. The van der Waals surface area contributed by atoms with Crippen LogP contribution in [0.1, 0.15) is 27.2 Å². The average molecular weight is 418 g/mol. The van der Waals surface area contributed by atoms with Crippen molar-refractivity contribution in [2.24, 2.45) is 0 Å². The second kappa shape index (κ2) is 9.14. The minimum atomic E-state index is -0.124.